The number of pyridine rings is 2. The Labute approximate surface area is 243 Å². The Bertz CT molecular complexity index is 1420. The number of amides is 2. The van der Waals surface area contributed by atoms with Crippen LogP contribution in [0.1, 0.15) is 29.2 Å². The van der Waals surface area contributed by atoms with Crippen molar-refractivity contribution in [2.45, 2.75) is 33.4 Å². The molecule has 0 unspecified atom stereocenters. The van der Waals surface area contributed by atoms with E-state index < -0.39 is 0 Å². The average molecular weight is 583 g/mol. The molecule has 1 aliphatic heterocycles. The van der Waals surface area contributed by atoms with Crippen LogP contribution in [-0.4, -0.2) is 60.9 Å². The highest BCUT2D eigenvalue weighted by atomic mass is 35.5. The molecule has 1 fully saturated rings. The predicted molar refractivity (Wildman–Crippen MR) is 157 cm³/mol. The maximum Gasteiger partial charge on any atom is 0.272 e. The van der Waals surface area contributed by atoms with Gasteiger partial charge in [0.1, 0.15) is 11.6 Å². The van der Waals surface area contributed by atoms with Crippen molar-refractivity contribution in [3.8, 4) is 5.75 Å². The van der Waals surface area contributed by atoms with Crippen molar-refractivity contribution in [1.82, 2.24) is 20.3 Å². The van der Waals surface area contributed by atoms with E-state index in [1.54, 1.807) is 43.6 Å². The van der Waals surface area contributed by atoms with Crippen LogP contribution < -0.4 is 31.3 Å². The zero-order valence-electron chi connectivity index (χ0n) is 23.2. The van der Waals surface area contributed by atoms with Crippen LogP contribution in [0, 0.1) is 6.92 Å². The number of aromatic nitrogens is 2. The largest absolute Gasteiger partial charge is 0.483 e. The van der Waals surface area contributed by atoms with Crippen molar-refractivity contribution in [2.75, 3.05) is 49.8 Å². The van der Waals surface area contributed by atoms with E-state index in [0.717, 1.165) is 24.5 Å². The lowest BCUT2D eigenvalue weighted by Crippen LogP contribution is -2.38. The molecule has 11 nitrogen and oxygen atoms in total. The minimum Gasteiger partial charge on any atom is -0.483 e. The first kappa shape index (κ1) is 29.9. The van der Waals surface area contributed by atoms with Crippen LogP contribution in [0.2, 0.25) is 5.02 Å². The van der Waals surface area contributed by atoms with Gasteiger partial charge in [-0.25, -0.2) is 9.66 Å². The molecule has 0 spiro atoms. The van der Waals surface area contributed by atoms with Gasteiger partial charge in [-0.1, -0.05) is 17.7 Å². The van der Waals surface area contributed by atoms with Gasteiger partial charge < -0.3 is 30.4 Å². The Morgan fingerprint density at radius 2 is 1.88 bits per heavy atom. The van der Waals surface area contributed by atoms with Crippen molar-refractivity contribution in [2.24, 2.45) is 0 Å². The number of hydrogen-bond acceptors (Lipinski definition) is 8. The fraction of sp³-hybridized carbons (Fsp3) is 0.379. The molecule has 2 amide bonds. The number of ether oxygens (including phenoxy) is 2. The summed E-state index contributed by atoms with van der Waals surface area (Å²) >= 11 is 6.15. The topological polar surface area (TPSA) is 127 Å². The lowest BCUT2D eigenvalue weighted by molar-refractivity contribution is -0.123. The van der Waals surface area contributed by atoms with E-state index in [1.807, 2.05) is 19.1 Å². The van der Waals surface area contributed by atoms with Gasteiger partial charge in [0.25, 0.3) is 11.5 Å². The minimum absolute atomic E-state index is 0.102. The number of hydrogen-bond donors (Lipinski definition) is 3. The molecule has 0 atom stereocenters. The van der Waals surface area contributed by atoms with E-state index in [2.05, 4.69) is 25.9 Å². The molecular weight excluding hydrogens is 548 g/mol. The molecule has 1 aliphatic rings. The standard InChI is InChI=1S/C29H35ClN6O5/c1-3-31-27(38)19-41-25-7-6-23(30)15-22(25)17-33-26(37)16-24-20(2)8-10-36(29(24)39)34-18-21-5-4-9-32-28(21)35-11-13-40-14-12-35/h4-10,15,34H,3,11-14,16-19H2,1-2H3,(H,31,38)(H,33,37). The van der Waals surface area contributed by atoms with Gasteiger partial charge in [-0.2, -0.15) is 0 Å². The van der Waals surface area contributed by atoms with Crippen molar-refractivity contribution >= 4 is 29.2 Å². The summed E-state index contributed by atoms with van der Waals surface area (Å²) in [5.74, 6) is 0.718. The summed E-state index contributed by atoms with van der Waals surface area (Å²) in [5.41, 5.74) is 5.53. The summed E-state index contributed by atoms with van der Waals surface area (Å²) in [5, 5.41) is 5.97. The average Bonchev–Trinajstić information content (AvgIpc) is 2.98. The fourth-order valence-corrected chi connectivity index (χ4v) is 4.64. The molecule has 0 radical (unpaired) electrons. The van der Waals surface area contributed by atoms with Gasteiger partial charge in [-0.05, 0) is 49.7 Å². The highest BCUT2D eigenvalue weighted by Crippen LogP contribution is 2.23. The number of halogens is 1. The van der Waals surface area contributed by atoms with Crippen LogP contribution >= 0.6 is 11.6 Å². The third-order valence-electron chi connectivity index (χ3n) is 6.61. The lowest BCUT2D eigenvalue weighted by atomic mass is 10.1. The maximum atomic E-state index is 13.3. The molecule has 2 aromatic heterocycles. The summed E-state index contributed by atoms with van der Waals surface area (Å²) in [6, 6.07) is 10.6. The summed E-state index contributed by atoms with van der Waals surface area (Å²) in [7, 11) is 0. The van der Waals surface area contributed by atoms with Crippen LogP contribution in [0.4, 0.5) is 5.82 Å². The number of anilines is 1. The van der Waals surface area contributed by atoms with Gasteiger partial charge in [-0.3, -0.25) is 14.4 Å². The molecule has 0 bridgehead atoms. The lowest BCUT2D eigenvalue weighted by Gasteiger charge is -2.29. The fourth-order valence-electron chi connectivity index (χ4n) is 4.44. The molecule has 4 rings (SSSR count). The third-order valence-corrected chi connectivity index (χ3v) is 6.85. The Balaban J connectivity index is 1.40. The Morgan fingerprint density at radius 3 is 2.66 bits per heavy atom. The summed E-state index contributed by atoms with van der Waals surface area (Å²) < 4.78 is 12.5. The molecule has 3 N–H and O–H groups in total. The number of nitrogens with zero attached hydrogens (tertiary/aromatic N) is 3. The van der Waals surface area contributed by atoms with E-state index in [4.69, 9.17) is 21.1 Å². The first-order chi connectivity index (χ1) is 19.9. The van der Waals surface area contributed by atoms with Gasteiger partial charge in [0.05, 0.1) is 26.2 Å². The van der Waals surface area contributed by atoms with Crippen LogP contribution in [-0.2, 0) is 33.8 Å². The van der Waals surface area contributed by atoms with Crippen molar-refractivity contribution in [3.63, 3.8) is 0 Å². The first-order valence-electron chi connectivity index (χ1n) is 13.5. The Morgan fingerprint density at radius 1 is 1.07 bits per heavy atom. The van der Waals surface area contributed by atoms with E-state index in [9.17, 15) is 14.4 Å². The number of rotatable bonds is 12. The number of morpholine rings is 1. The smallest absolute Gasteiger partial charge is 0.272 e. The zero-order chi connectivity index (χ0) is 29.2. The minimum atomic E-state index is -0.334. The van der Waals surface area contributed by atoms with Crippen LogP contribution in [0.3, 0.4) is 0 Å². The van der Waals surface area contributed by atoms with Crippen LogP contribution in [0.25, 0.3) is 0 Å². The second-order valence-electron chi connectivity index (χ2n) is 9.52. The summed E-state index contributed by atoms with van der Waals surface area (Å²) in [4.78, 5) is 44.7. The molecule has 218 valence electrons. The van der Waals surface area contributed by atoms with Gasteiger partial charge in [0, 0.05) is 60.3 Å². The van der Waals surface area contributed by atoms with E-state index in [-0.39, 0.29) is 36.9 Å². The van der Waals surface area contributed by atoms with Crippen molar-refractivity contribution < 1.29 is 19.1 Å². The van der Waals surface area contributed by atoms with Crippen molar-refractivity contribution in [3.05, 3.63) is 86.4 Å². The predicted octanol–water partition coefficient (Wildman–Crippen LogP) is 2.16. The summed E-state index contributed by atoms with van der Waals surface area (Å²) in [6.07, 6.45) is 3.31. The molecule has 3 heterocycles. The molecule has 12 heteroatoms. The van der Waals surface area contributed by atoms with E-state index >= 15 is 0 Å². The maximum absolute atomic E-state index is 13.3. The number of aryl methyl sites for hydroxylation is 1. The van der Waals surface area contributed by atoms with Gasteiger partial charge in [-0.15, -0.1) is 0 Å². The SMILES string of the molecule is CCNC(=O)COc1ccc(Cl)cc1CNC(=O)Cc1c(C)ccn(NCc2cccnc2N2CCOCC2)c1=O. The van der Waals surface area contributed by atoms with Crippen molar-refractivity contribution in [1.29, 1.82) is 0 Å². The number of carbonyl (C=O) groups is 2. The molecule has 3 aromatic rings. The molecule has 0 saturated carbocycles. The molecule has 41 heavy (non-hydrogen) atoms. The number of likely N-dealkylation sites (N-methyl/N-ethyl adjacent to an activating group) is 1. The first-order valence-corrected chi connectivity index (χ1v) is 13.9. The molecule has 1 saturated heterocycles. The number of carbonyl (C=O) groups excluding carboxylic acids is 2. The van der Waals surface area contributed by atoms with Gasteiger partial charge in [0.15, 0.2) is 6.61 Å². The Hall–Kier alpha value is -4.09. The van der Waals surface area contributed by atoms with Gasteiger partial charge in [0.2, 0.25) is 5.91 Å². The second kappa shape index (κ2) is 14.5. The van der Waals surface area contributed by atoms with Crippen LogP contribution in [0.5, 0.6) is 5.75 Å². The third kappa shape index (κ3) is 8.21. The molecule has 1 aromatic carbocycles. The monoisotopic (exact) mass is 582 g/mol. The van der Waals surface area contributed by atoms with E-state index in [1.165, 1.54) is 4.68 Å². The van der Waals surface area contributed by atoms with Gasteiger partial charge >= 0.3 is 0 Å². The normalized spacial score (nSPS) is 13.0. The molecule has 0 aliphatic carbocycles. The van der Waals surface area contributed by atoms with E-state index in [0.29, 0.717) is 53.8 Å². The van der Waals surface area contributed by atoms with Crippen LogP contribution in [0.15, 0.2) is 53.6 Å². The number of benzene rings is 1. The Kier molecular flexibility index (Phi) is 10.6. The number of nitrogens with one attached hydrogen (secondary N) is 3. The molecular formula is C29H35ClN6O5. The summed E-state index contributed by atoms with van der Waals surface area (Å²) in [6.45, 7) is 7.27. The second-order valence-corrected chi connectivity index (χ2v) is 9.96. The zero-order valence-corrected chi connectivity index (χ0v) is 24.0. The highest BCUT2D eigenvalue weighted by Gasteiger charge is 2.17. The highest BCUT2D eigenvalue weighted by molar-refractivity contribution is 6.30. The quantitative estimate of drug-likeness (QED) is 0.297.